The third kappa shape index (κ3) is 2.17. The Kier molecular flexibility index (Phi) is 3.01. The molecule has 0 unspecified atom stereocenters. The molecule has 0 fully saturated rings. The largest absolute Gasteiger partial charge is 0.465 e. The van der Waals surface area contributed by atoms with Gasteiger partial charge in [-0.05, 0) is 25.1 Å². The molecule has 3 N–H and O–H groups in total. The Morgan fingerprint density at radius 1 is 1.44 bits per heavy atom. The summed E-state index contributed by atoms with van der Waals surface area (Å²) < 4.78 is 13.1. The lowest BCUT2D eigenvalue weighted by atomic mass is 10.0. The molecular formula is C12H11FN2O3. The van der Waals surface area contributed by atoms with Crippen LogP contribution >= 0.6 is 0 Å². The zero-order valence-electron chi connectivity index (χ0n) is 9.53. The first kappa shape index (κ1) is 12.1. The molecule has 0 aliphatic heterocycles. The highest BCUT2D eigenvalue weighted by Gasteiger charge is 2.20. The van der Waals surface area contributed by atoms with Crippen LogP contribution in [0.15, 0.2) is 24.4 Å². The van der Waals surface area contributed by atoms with E-state index in [9.17, 15) is 14.0 Å². The summed E-state index contributed by atoms with van der Waals surface area (Å²) in [5.74, 6) is -0.857. The summed E-state index contributed by atoms with van der Waals surface area (Å²) in [5, 5.41) is 11.1. The number of ketones is 1. The van der Waals surface area contributed by atoms with Crippen LogP contribution in [-0.2, 0) is 0 Å². The number of benzene rings is 1. The Balaban J connectivity index is 2.38. The minimum Gasteiger partial charge on any atom is -0.465 e. The summed E-state index contributed by atoms with van der Waals surface area (Å²) in [6.07, 6.45) is 0.175. The first-order chi connectivity index (χ1) is 8.49. The van der Waals surface area contributed by atoms with Crippen LogP contribution in [-0.4, -0.2) is 28.0 Å². The number of carbonyl (C=O) groups is 2. The molecule has 0 saturated carbocycles. The quantitative estimate of drug-likeness (QED) is 0.730. The lowest BCUT2D eigenvalue weighted by molar-refractivity contribution is 0.0947. The van der Waals surface area contributed by atoms with Crippen molar-refractivity contribution in [2.45, 2.75) is 13.0 Å². The molecule has 0 radical (unpaired) electrons. The Bertz CT molecular complexity index is 621. The molecule has 0 aliphatic carbocycles. The monoisotopic (exact) mass is 250 g/mol. The van der Waals surface area contributed by atoms with E-state index in [-0.39, 0.29) is 5.56 Å². The number of aromatic nitrogens is 1. The first-order valence-corrected chi connectivity index (χ1v) is 5.29. The molecule has 0 bridgehead atoms. The third-order valence-electron chi connectivity index (χ3n) is 2.64. The van der Waals surface area contributed by atoms with Crippen LogP contribution in [0.3, 0.4) is 0 Å². The van der Waals surface area contributed by atoms with Gasteiger partial charge in [0.2, 0.25) is 0 Å². The highest BCUT2D eigenvalue weighted by atomic mass is 19.1. The third-order valence-corrected chi connectivity index (χ3v) is 2.64. The Hall–Kier alpha value is -2.37. The summed E-state index contributed by atoms with van der Waals surface area (Å²) in [6.45, 7) is 1.44. The normalized spacial score (nSPS) is 12.3. The van der Waals surface area contributed by atoms with Crippen molar-refractivity contribution >= 4 is 22.8 Å². The zero-order chi connectivity index (χ0) is 13.3. The molecule has 0 saturated heterocycles. The van der Waals surface area contributed by atoms with Crippen LogP contribution in [0.5, 0.6) is 0 Å². The lowest BCUT2D eigenvalue weighted by Gasteiger charge is -2.09. The molecule has 0 spiro atoms. The predicted molar refractivity (Wildman–Crippen MR) is 63.2 cm³/mol. The number of fused-ring (bicyclic) bond motifs is 1. The van der Waals surface area contributed by atoms with Gasteiger partial charge in [0.05, 0.1) is 6.04 Å². The SMILES string of the molecule is C[C@@H](NC(=O)O)C(=O)c1c[nH]c2ccc(F)cc12. The predicted octanol–water partition coefficient (Wildman–Crippen LogP) is 2.15. The van der Waals surface area contributed by atoms with E-state index in [0.29, 0.717) is 10.9 Å². The summed E-state index contributed by atoms with van der Waals surface area (Å²) in [7, 11) is 0. The van der Waals surface area contributed by atoms with Crippen molar-refractivity contribution in [1.29, 1.82) is 0 Å². The van der Waals surface area contributed by atoms with Crippen molar-refractivity contribution in [3.63, 3.8) is 0 Å². The lowest BCUT2D eigenvalue weighted by Crippen LogP contribution is -2.37. The molecule has 1 aromatic carbocycles. The number of aromatic amines is 1. The number of rotatable bonds is 3. The van der Waals surface area contributed by atoms with Crippen LogP contribution in [0.4, 0.5) is 9.18 Å². The fraction of sp³-hybridized carbons (Fsp3) is 0.167. The van der Waals surface area contributed by atoms with Crippen molar-refractivity contribution < 1.29 is 19.1 Å². The first-order valence-electron chi connectivity index (χ1n) is 5.29. The van der Waals surface area contributed by atoms with Crippen molar-refractivity contribution in [2.75, 3.05) is 0 Å². The maximum absolute atomic E-state index is 13.1. The molecule has 94 valence electrons. The standard InChI is InChI=1S/C12H11FN2O3/c1-6(15-12(17)18)11(16)9-5-14-10-3-2-7(13)4-8(9)10/h2-6,14-15H,1H3,(H,17,18)/t6-/m1/s1. The van der Waals surface area contributed by atoms with Crippen molar-refractivity contribution in [3.8, 4) is 0 Å². The van der Waals surface area contributed by atoms with Crippen molar-refractivity contribution in [2.24, 2.45) is 0 Å². The average molecular weight is 250 g/mol. The van der Waals surface area contributed by atoms with Gasteiger partial charge < -0.3 is 15.4 Å². The van der Waals surface area contributed by atoms with Gasteiger partial charge in [0, 0.05) is 22.7 Å². The number of carbonyl (C=O) groups excluding carboxylic acids is 1. The van der Waals surface area contributed by atoms with E-state index in [1.165, 1.54) is 31.3 Å². The minimum atomic E-state index is -1.28. The van der Waals surface area contributed by atoms with Crippen molar-refractivity contribution in [3.05, 3.63) is 35.8 Å². The van der Waals surface area contributed by atoms with Crippen LogP contribution in [0.1, 0.15) is 17.3 Å². The number of Topliss-reactive ketones (excluding diaryl/α,β-unsaturated/α-hetero) is 1. The summed E-state index contributed by atoms with van der Waals surface area (Å²) in [5.41, 5.74) is 0.896. The van der Waals surface area contributed by atoms with Gasteiger partial charge in [-0.15, -0.1) is 0 Å². The van der Waals surface area contributed by atoms with E-state index in [2.05, 4.69) is 10.3 Å². The second-order valence-corrected chi connectivity index (χ2v) is 3.93. The smallest absolute Gasteiger partial charge is 0.405 e. The highest BCUT2D eigenvalue weighted by Crippen LogP contribution is 2.20. The molecule has 1 aromatic heterocycles. The van der Waals surface area contributed by atoms with Gasteiger partial charge in [0.25, 0.3) is 0 Å². The molecule has 1 heterocycles. The molecule has 1 amide bonds. The average Bonchev–Trinajstić information content (AvgIpc) is 2.69. The van der Waals surface area contributed by atoms with Crippen LogP contribution < -0.4 is 5.32 Å². The summed E-state index contributed by atoms with van der Waals surface area (Å²) in [6, 6.07) is 3.17. The molecule has 6 heteroatoms. The van der Waals surface area contributed by atoms with Gasteiger partial charge in [-0.2, -0.15) is 0 Å². The van der Waals surface area contributed by atoms with Crippen LogP contribution in [0.2, 0.25) is 0 Å². The molecule has 18 heavy (non-hydrogen) atoms. The topological polar surface area (TPSA) is 82.2 Å². The molecule has 2 aromatic rings. The number of hydrogen-bond donors (Lipinski definition) is 3. The number of nitrogens with one attached hydrogen (secondary N) is 2. The number of carboxylic acid groups (broad SMARTS) is 1. The second kappa shape index (κ2) is 4.48. The van der Waals surface area contributed by atoms with Crippen molar-refractivity contribution in [1.82, 2.24) is 10.3 Å². The van der Waals surface area contributed by atoms with Gasteiger partial charge in [0.1, 0.15) is 5.82 Å². The van der Waals surface area contributed by atoms with Crippen LogP contribution in [0, 0.1) is 5.82 Å². The number of amides is 1. The van der Waals surface area contributed by atoms with E-state index in [0.717, 1.165) is 0 Å². The fourth-order valence-corrected chi connectivity index (χ4v) is 1.78. The maximum Gasteiger partial charge on any atom is 0.405 e. The molecular weight excluding hydrogens is 239 g/mol. The molecule has 0 aliphatic rings. The van der Waals surface area contributed by atoms with Gasteiger partial charge in [-0.3, -0.25) is 4.79 Å². The van der Waals surface area contributed by atoms with E-state index in [1.807, 2.05) is 0 Å². The van der Waals surface area contributed by atoms with E-state index in [1.54, 1.807) is 0 Å². The molecule has 1 atom stereocenters. The maximum atomic E-state index is 13.1. The molecule has 2 rings (SSSR count). The van der Waals surface area contributed by atoms with Gasteiger partial charge >= 0.3 is 6.09 Å². The minimum absolute atomic E-state index is 0.269. The van der Waals surface area contributed by atoms with E-state index >= 15 is 0 Å². The van der Waals surface area contributed by atoms with E-state index in [4.69, 9.17) is 5.11 Å². The van der Waals surface area contributed by atoms with Crippen LogP contribution in [0.25, 0.3) is 10.9 Å². The Morgan fingerprint density at radius 3 is 2.83 bits per heavy atom. The van der Waals surface area contributed by atoms with Gasteiger partial charge in [0.15, 0.2) is 5.78 Å². The number of halogens is 1. The zero-order valence-corrected chi connectivity index (χ0v) is 9.53. The highest BCUT2D eigenvalue weighted by molar-refractivity contribution is 6.10. The Morgan fingerprint density at radius 2 is 2.17 bits per heavy atom. The van der Waals surface area contributed by atoms with Gasteiger partial charge in [-0.1, -0.05) is 0 Å². The summed E-state index contributed by atoms with van der Waals surface area (Å²) >= 11 is 0. The number of hydrogen-bond acceptors (Lipinski definition) is 2. The van der Waals surface area contributed by atoms with Gasteiger partial charge in [-0.25, -0.2) is 9.18 Å². The fourth-order valence-electron chi connectivity index (χ4n) is 1.78. The summed E-state index contributed by atoms with van der Waals surface area (Å²) in [4.78, 5) is 25.3. The number of H-pyrrole nitrogens is 1. The Labute approximate surface area is 102 Å². The van der Waals surface area contributed by atoms with E-state index < -0.39 is 23.7 Å². The molecule has 5 nitrogen and oxygen atoms in total. The second-order valence-electron chi connectivity index (χ2n) is 3.93.